The first-order valence-electron chi connectivity index (χ1n) is 8.42. The number of carboxylic acid groups (broad SMARTS) is 1. The Kier molecular flexibility index (Phi) is 3.59. The first kappa shape index (κ1) is 15.0. The van der Waals surface area contributed by atoms with Gasteiger partial charge in [-0.3, -0.25) is 4.79 Å². The fourth-order valence-electron chi connectivity index (χ4n) is 4.34. The Morgan fingerprint density at radius 3 is 2.83 bits per heavy atom. The van der Waals surface area contributed by atoms with Crippen molar-refractivity contribution in [1.29, 1.82) is 0 Å². The highest BCUT2D eigenvalue weighted by atomic mass is 32.1. The molecular formula is C17H22N2O3S. The summed E-state index contributed by atoms with van der Waals surface area (Å²) < 4.78 is 0. The molecule has 0 spiro atoms. The average Bonchev–Trinajstić information content (AvgIpc) is 2.94. The van der Waals surface area contributed by atoms with E-state index in [1.54, 1.807) is 16.2 Å². The summed E-state index contributed by atoms with van der Waals surface area (Å²) in [7, 11) is 0. The smallest absolute Gasteiger partial charge is 0.317 e. The van der Waals surface area contributed by atoms with Gasteiger partial charge in [0.1, 0.15) is 0 Å². The lowest BCUT2D eigenvalue weighted by Gasteiger charge is -2.25. The van der Waals surface area contributed by atoms with Crippen LogP contribution in [0.3, 0.4) is 0 Å². The number of hydrogen-bond acceptors (Lipinski definition) is 3. The van der Waals surface area contributed by atoms with E-state index >= 15 is 0 Å². The summed E-state index contributed by atoms with van der Waals surface area (Å²) in [6.45, 7) is 0.945. The molecule has 2 amide bonds. The van der Waals surface area contributed by atoms with Crippen molar-refractivity contribution in [3.8, 4) is 0 Å². The van der Waals surface area contributed by atoms with Gasteiger partial charge in [-0.05, 0) is 49.0 Å². The van der Waals surface area contributed by atoms with Gasteiger partial charge in [-0.1, -0.05) is 12.5 Å². The number of nitrogens with zero attached hydrogens (tertiary/aromatic N) is 1. The third-order valence-corrected chi connectivity index (χ3v) is 6.76. The molecule has 23 heavy (non-hydrogen) atoms. The minimum atomic E-state index is -0.729. The minimum absolute atomic E-state index is 0.0868. The van der Waals surface area contributed by atoms with Gasteiger partial charge in [0, 0.05) is 18.0 Å². The van der Waals surface area contributed by atoms with Crippen LogP contribution in [-0.4, -0.2) is 35.1 Å². The van der Waals surface area contributed by atoms with Crippen LogP contribution < -0.4 is 5.32 Å². The van der Waals surface area contributed by atoms with Crippen molar-refractivity contribution in [3.05, 3.63) is 22.4 Å². The number of fused-ring (bicyclic) bond motifs is 1. The van der Waals surface area contributed by atoms with Crippen molar-refractivity contribution < 1.29 is 14.7 Å². The summed E-state index contributed by atoms with van der Waals surface area (Å²) in [5.74, 6) is -0.0766. The van der Waals surface area contributed by atoms with Gasteiger partial charge < -0.3 is 15.3 Å². The zero-order chi connectivity index (χ0) is 16.0. The molecule has 6 heteroatoms. The zero-order valence-corrected chi connectivity index (χ0v) is 13.8. The predicted octanol–water partition coefficient (Wildman–Crippen LogP) is 3.10. The van der Waals surface area contributed by atoms with E-state index in [0.29, 0.717) is 25.4 Å². The third-order valence-electron chi connectivity index (χ3n) is 5.81. The van der Waals surface area contributed by atoms with Crippen LogP contribution in [0.2, 0.25) is 0 Å². The van der Waals surface area contributed by atoms with Gasteiger partial charge in [0.15, 0.2) is 0 Å². The van der Waals surface area contributed by atoms with Crippen LogP contribution in [0.1, 0.15) is 43.0 Å². The van der Waals surface area contributed by atoms with E-state index in [0.717, 1.165) is 25.7 Å². The van der Waals surface area contributed by atoms with E-state index in [-0.39, 0.29) is 18.0 Å². The summed E-state index contributed by atoms with van der Waals surface area (Å²) in [5, 5.41) is 14.9. The van der Waals surface area contributed by atoms with Crippen LogP contribution in [0.5, 0.6) is 0 Å². The first-order valence-corrected chi connectivity index (χ1v) is 9.30. The number of carbonyl (C=O) groups excluding carboxylic acids is 1. The van der Waals surface area contributed by atoms with Crippen LogP contribution in [0, 0.1) is 17.3 Å². The number of carboxylic acids is 1. The average molecular weight is 334 g/mol. The molecule has 5 nitrogen and oxygen atoms in total. The molecule has 1 aromatic heterocycles. The van der Waals surface area contributed by atoms with Crippen molar-refractivity contribution in [3.63, 3.8) is 0 Å². The van der Waals surface area contributed by atoms with Gasteiger partial charge in [-0.15, -0.1) is 11.3 Å². The third kappa shape index (κ3) is 2.53. The molecule has 1 unspecified atom stereocenters. The highest BCUT2D eigenvalue weighted by Crippen LogP contribution is 2.49. The maximum absolute atomic E-state index is 12.7. The molecule has 2 heterocycles. The molecule has 0 bridgehead atoms. The molecule has 1 aliphatic heterocycles. The molecule has 2 aliphatic carbocycles. The summed E-state index contributed by atoms with van der Waals surface area (Å²) >= 11 is 1.68. The van der Waals surface area contributed by atoms with E-state index in [1.807, 2.05) is 11.4 Å². The topological polar surface area (TPSA) is 69.6 Å². The standard InChI is InChI=1S/C17H22N2O3S/c20-15(21)17-7-1-3-12(17)9-19(10-17)16(22)18-14(11-5-6-11)13-4-2-8-23-13/h2,4,8,11-12,14H,1,3,5-7,9-10H2,(H,18,22)(H,20,21)/t12-,14?,17+/m0/s1. The van der Waals surface area contributed by atoms with Crippen molar-refractivity contribution in [1.82, 2.24) is 10.2 Å². The maximum Gasteiger partial charge on any atom is 0.317 e. The van der Waals surface area contributed by atoms with Crippen LogP contribution in [0.15, 0.2) is 17.5 Å². The SMILES string of the molecule is O=C(NC(c1cccs1)C1CC1)N1C[C@@H]2CCC[C@@]2(C(=O)O)C1. The molecule has 2 saturated carbocycles. The second-order valence-corrected chi connectivity index (χ2v) is 8.19. The summed E-state index contributed by atoms with van der Waals surface area (Å²) in [5.41, 5.74) is -0.699. The maximum atomic E-state index is 12.7. The van der Waals surface area contributed by atoms with E-state index < -0.39 is 11.4 Å². The molecule has 2 N–H and O–H groups in total. The lowest BCUT2D eigenvalue weighted by Crippen LogP contribution is -2.43. The number of thiophene rings is 1. The molecule has 3 fully saturated rings. The second kappa shape index (κ2) is 5.51. The Bertz CT molecular complexity index is 613. The number of urea groups is 1. The fourth-order valence-corrected chi connectivity index (χ4v) is 5.21. The van der Waals surface area contributed by atoms with Gasteiger partial charge in [0.05, 0.1) is 11.5 Å². The van der Waals surface area contributed by atoms with Crippen LogP contribution in [0.4, 0.5) is 4.79 Å². The van der Waals surface area contributed by atoms with Crippen molar-refractivity contribution >= 4 is 23.3 Å². The largest absolute Gasteiger partial charge is 0.481 e. The highest BCUT2D eigenvalue weighted by Gasteiger charge is 2.56. The molecule has 124 valence electrons. The Balaban J connectivity index is 1.47. The molecule has 0 radical (unpaired) electrons. The number of hydrogen-bond donors (Lipinski definition) is 2. The summed E-state index contributed by atoms with van der Waals surface area (Å²) in [4.78, 5) is 27.4. The molecule has 0 aromatic carbocycles. The first-order chi connectivity index (χ1) is 11.1. The molecule has 1 aromatic rings. The summed E-state index contributed by atoms with van der Waals surface area (Å²) in [6.07, 6.45) is 4.90. The van der Waals surface area contributed by atoms with Crippen molar-refractivity contribution in [2.24, 2.45) is 17.3 Å². The number of carbonyl (C=O) groups is 2. The Labute approximate surface area is 139 Å². The van der Waals surface area contributed by atoms with Crippen molar-refractivity contribution in [2.45, 2.75) is 38.1 Å². The van der Waals surface area contributed by atoms with Crippen molar-refractivity contribution in [2.75, 3.05) is 13.1 Å². The number of aliphatic carboxylic acids is 1. The van der Waals surface area contributed by atoms with Gasteiger partial charge in [-0.25, -0.2) is 4.79 Å². The van der Waals surface area contributed by atoms with Crippen LogP contribution >= 0.6 is 11.3 Å². The summed E-state index contributed by atoms with van der Waals surface area (Å²) in [6, 6.07) is 4.08. The minimum Gasteiger partial charge on any atom is -0.481 e. The molecular weight excluding hydrogens is 312 g/mol. The van der Waals surface area contributed by atoms with E-state index in [1.165, 1.54) is 4.88 Å². The number of amides is 2. The number of nitrogens with one attached hydrogen (secondary N) is 1. The van der Waals surface area contributed by atoms with E-state index in [4.69, 9.17) is 0 Å². The molecule has 3 atom stereocenters. The van der Waals surface area contributed by atoms with Gasteiger partial charge in [0.25, 0.3) is 0 Å². The van der Waals surface area contributed by atoms with Crippen LogP contribution in [-0.2, 0) is 4.79 Å². The predicted molar refractivity (Wildman–Crippen MR) is 87.3 cm³/mol. The number of likely N-dealkylation sites (tertiary alicyclic amines) is 1. The monoisotopic (exact) mass is 334 g/mol. The second-order valence-electron chi connectivity index (χ2n) is 7.21. The zero-order valence-electron chi connectivity index (χ0n) is 13.0. The van der Waals surface area contributed by atoms with E-state index in [9.17, 15) is 14.7 Å². The van der Waals surface area contributed by atoms with Gasteiger partial charge in [0.2, 0.25) is 0 Å². The molecule has 3 aliphatic rings. The van der Waals surface area contributed by atoms with Gasteiger partial charge in [-0.2, -0.15) is 0 Å². The quantitative estimate of drug-likeness (QED) is 0.889. The highest BCUT2D eigenvalue weighted by molar-refractivity contribution is 7.10. The lowest BCUT2D eigenvalue weighted by atomic mass is 9.81. The Morgan fingerprint density at radius 1 is 1.39 bits per heavy atom. The number of rotatable bonds is 4. The van der Waals surface area contributed by atoms with Gasteiger partial charge >= 0.3 is 12.0 Å². The molecule has 1 saturated heterocycles. The lowest BCUT2D eigenvalue weighted by molar-refractivity contribution is -0.149. The fraction of sp³-hybridized carbons (Fsp3) is 0.647. The molecule has 4 rings (SSSR count). The van der Waals surface area contributed by atoms with Crippen LogP contribution in [0.25, 0.3) is 0 Å². The Morgan fingerprint density at radius 2 is 2.22 bits per heavy atom. The normalized spacial score (nSPS) is 31.0. The Hall–Kier alpha value is -1.56. The van der Waals surface area contributed by atoms with E-state index in [2.05, 4.69) is 11.4 Å².